The van der Waals surface area contributed by atoms with E-state index in [4.69, 9.17) is 0 Å². The zero-order chi connectivity index (χ0) is 13.4. The third-order valence-corrected chi connectivity index (χ3v) is 2.02. The number of esters is 3. The molecule has 0 saturated carbocycles. The van der Waals surface area contributed by atoms with Gasteiger partial charge in [-0.3, -0.25) is 14.4 Å². The van der Waals surface area contributed by atoms with Crippen LogP contribution < -0.4 is 0 Å². The predicted molar refractivity (Wildman–Crippen MR) is 53.8 cm³/mol. The molecule has 0 rings (SSSR count). The van der Waals surface area contributed by atoms with Gasteiger partial charge in [-0.1, -0.05) is 0 Å². The average molecular weight is 246 g/mol. The van der Waals surface area contributed by atoms with Gasteiger partial charge in [0.05, 0.1) is 33.7 Å². The lowest BCUT2D eigenvalue weighted by molar-refractivity contribution is -0.156. The number of methoxy groups -OCH3 is 3. The van der Waals surface area contributed by atoms with E-state index in [-0.39, 0.29) is 6.42 Å². The summed E-state index contributed by atoms with van der Waals surface area (Å²) in [5.41, 5.74) is 0. The molecule has 7 nitrogen and oxygen atoms in total. The van der Waals surface area contributed by atoms with Crippen LogP contribution in [0.3, 0.4) is 0 Å². The van der Waals surface area contributed by atoms with Crippen LogP contribution in [0.1, 0.15) is 12.8 Å². The van der Waals surface area contributed by atoms with E-state index in [1.807, 2.05) is 0 Å². The molecule has 7 heteroatoms. The van der Waals surface area contributed by atoms with Gasteiger partial charge in [0, 0.05) is 6.42 Å². The van der Waals surface area contributed by atoms with Crippen LogP contribution >= 0.6 is 0 Å². The van der Waals surface area contributed by atoms with E-state index in [1.165, 1.54) is 0 Å². The van der Waals surface area contributed by atoms with E-state index < -0.39 is 36.0 Å². The fourth-order valence-electron chi connectivity index (χ4n) is 1.11. The Balaban J connectivity index is 4.60. The normalized spacial score (nSPS) is 11.2. The van der Waals surface area contributed by atoms with Gasteiger partial charge in [0.2, 0.25) is 5.78 Å². The molecule has 96 valence electrons. The van der Waals surface area contributed by atoms with Crippen LogP contribution in [0.4, 0.5) is 0 Å². The second-order valence-corrected chi connectivity index (χ2v) is 3.12. The zero-order valence-electron chi connectivity index (χ0n) is 9.85. The van der Waals surface area contributed by atoms with Gasteiger partial charge in [-0.15, -0.1) is 0 Å². The van der Waals surface area contributed by atoms with Crippen LogP contribution in [0.25, 0.3) is 0 Å². The van der Waals surface area contributed by atoms with E-state index in [0.29, 0.717) is 0 Å². The SMILES string of the molecule is COC(=O)CC(CC(=O)C(=O)OC)C(=O)OC. The van der Waals surface area contributed by atoms with Gasteiger partial charge in [0.25, 0.3) is 0 Å². The Kier molecular flexibility index (Phi) is 6.54. The number of Topliss-reactive ketones (excluding diaryl/α,β-unsaturated/α-hetero) is 1. The van der Waals surface area contributed by atoms with Crippen LogP contribution in [0.15, 0.2) is 0 Å². The van der Waals surface area contributed by atoms with Gasteiger partial charge in [-0.05, 0) is 0 Å². The minimum Gasteiger partial charge on any atom is -0.469 e. The molecule has 0 aliphatic carbocycles. The molecule has 0 aromatic rings. The molecule has 0 aliphatic rings. The van der Waals surface area contributed by atoms with Gasteiger partial charge in [0.15, 0.2) is 0 Å². The number of hydrogen-bond acceptors (Lipinski definition) is 7. The summed E-state index contributed by atoms with van der Waals surface area (Å²) in [6.07, 6.45) is -0.777. The molecule has 17 heavy (non-hydrogen) atoms. The zero-order valence-corrected chi connectivity index (χ0v) is 9.85. The van der Waals surface area contributed by atoms with E-state index in [2.05, 4.69) is 14.2 Å². The van der Waals surface area contributed by atoms with E-state index in [1.54, 1.807) is 0 Å². The maximum atomic E-state index is 11.3. The highest BCUT2D eigenvalue weighted by Crippen LogP contribution is 2.12. The molecule has 0 aromatic heterocycles. The van der Waals surface area contributed by atoms with Crippen LogP contribution in [-0.2, 0) is 33.4 Å². The van der Waals surface area contributed by atoms with Crippen molar-refractivity contribution < 1.29 is 33.4 Å². The van der Waals surface area contributed by atoms with Crippen molar-refractivity contribution in [2.75, 3.05) is 21.3 Å². The van der Waals surface area contributed by atoms with Crippen LogP contribution in [-0.4, -0.2) is 45.0 Å². The maximum absolute atomic E-state index is 11.3. The summed E-state index contributed by atoms with van der Waals surface area (Å²) in [7, 11) is 3.32. The smallest absolute Gasteiger partial charge is 0.374 e. The first kappa shape index (κ1) is 15.1. The van der Waals surface area contributed by atoms with Gasteiger partial charge in [0.1, 0.15) is 0 Å². The molecule has 1 atom stereocenters. The van der Waals surface area contributed by atoms with Crippen LogP contribution in [0.5, 0.6) is 0 Å². The highest BCUT2D eigenvalue weighted by molar-refractivity contribution is 6.33. The third-order valence-electron chi connectivity index (χ3n) is 2.02. The Labute approximate surface area is 98.0 Å². The number of carbonyl (C=O) groups excluding carboxylic acids is 4. The lowest BCUT2D eigenvalue weighted by Gasteiger charge is -2.11. The third kappa shape index (κ3) is 5.10. The fourth-order valence-corrected chi connectivity index (χ4v) is 1.11. The Bertz CT molecular complexity index is 321. The molecular weight excluding hydrogens is 232 g/mol. The minimum atomic E-state index is -1.07. The standard InChI is InChI=1S/C10H14O7/c1-15-8(12)5-6(9(13)16-2)4-7(11)10(14)17-3/h6H,4-5H2,1-3H3. The van der Waals surface area contributed by atoms with Crippen LogP contribution in [0.2, 0.25) is 0 Å². The summed E-state index contributed by atoms with van der Waals surface area (Å²) in [6, 6.07) is 0. The van der Waals surface area contributed by atoms with Crippen molar-refractivity contribution >= 4 is 23.7 Å². The number of hydrogen-bond donors (Lipinski definition) is 0. The van der Waals surface area contributed by atoms with E-state index in [9.17, 15) is 19.2 Å². The molecule has 0 bridgehead atoms. The van der Waals surface area contributed by atoms with Gasteiger partial charge in [-0.2, -0.15) is 0 Å². The summed E-state index contributed by atoms with van der Waals surface area (Å²) < 4.78 is 13.0. The molecule has 0 aliphatic heterocycles. The summed E-state index contributed by atoms with van der Waals surface area (Å²) in [5.74, 6) is -4.43. The minimum absolute atomic E-state index is 0.327. The fraction of sp³-hybridized carbons (Fsp3) is 0.600. The van der Waals surface area contributed by atoms with Crippen molar-refractivity contribution in [3.05, 3.63) is 0 Å². The van der Waals surface area contributed by atoms with E-state index in [0.717, 1.165) is 21.3 Å². The molecule has 0 N–H and O–H groups in total. The number of rotatable bonds is 6. The van der Waals surface area contributed by atoms with Gasteiger partial charge < -0.3 is 14.2 Å². The monoisotopic (exact) mass is 246 g/mol. The first-order chi connectivity index (χ1) is 7.96. The van der Waals surface area contributed by atoms with Crippen molar-refractivity contribution in [3.63, 3.8) is 0 Å². The molecule has 0 amide bonds. The largest absolute Gasteiger partial charge is 0.469 e. The highest BCUT2D eigenvalue weighted by Gasteiger charge is 2.29. The number of ether oxygens (including phenoxy) is 3. The number of ketones is 1. The highest BCUT2D eigenvalue weighted by atomic mass is 16.5. The molecule has 0 heterocycles. The molecule has 0 radical (unpaired) electrons. The molecule has 0 aromatic carbocycles. The summed E-state index contributed by atoms with van der Waals surface area (Å²) >= 11 is 0. The summed E-state index contributed by atoms with van der Waals surface area (Å²) in [5, 5.41) is 0. The van der Waals surface area contributed by atoms with Crippen molar-refractivity contribution in [2.45, 2.75) is 12.8 Å². The molecule has 0 saturated heterocycles. The first-order valence-electron chi connectivity index (χ1n) is 4.72. The van der Waals surface area contributed by atoms with Gasteiger partial charge >= 0.3 is 17.9 Å². The quantitative estimate of drug-likeness (QED) is 0.353. The lowest BCUT2D eigenvalue weighted by Crippen LogP contribution is -2.27. The first-order valence-corrected chi connectivity index (χ1v) is 4.72. The second-order valence-electron chi connectivity index (χ2n) is 3.12. The summed E-state index contributed by atoms with van der Waals surface area (Å²) in [4.78, 5) is 44.4. The Morgan fingerprint density at radius 2 is 1.47 bits per heavy atom. The van der Waals surface area contributed by atoms with Crippen molar-refractivity contribution in [3.8, 4) is 0 Å². The predicted octanol–water partition coefficient (Wildman–Crippen LogP) is -0.529. The Morgan fingerprint density at radius 1 is 0.882 bits per heavy atom. The van der Waals surface area contributed by atoms with Crippen molar-refractivity contribution in [1.29, 1.82) is 0 Å². The van der Waals surface area contributed by atoms with E-state index >= 15 is 0 Å². The summed E-state index contributed by atoms with van der Waals surface area (Å²) in [6.45, 7) is 0. The van der Waals surface area contributed by atoms with Crippen molar-refractivity contribution in [1.82, 2.24) is 0 Å². The second kappa shape index (κ2) is 7.37. The van der Waals surface area contributed by atoms with Gasteiger partial charge in [-0.25, -0.2) is 4.79 Å². The maximum Gasteiger partial charge on any atom is 0.374 e. The molecule has 0 spiro atoms. The van der Waals surface area contributed by atoms with Crippen molar-refractivity contribution in [2.24, 2.45) is 5.92 Å². The Hall–Kier alpha value is -1.92. The average Bonchev–Trinajstić information content (AvgIpc) is 2.35. The lowest BCUT2D eigenvalue weighted by atomic mass is 9.99. The number of carbonyl (C=O) groups is 4. The molecule has 1 unspecified atom stereocenters. The van der Waals surface area contributed by atoms with Crippen LogP contribution in [0, 0.1) is 5.92 Å². The molecule has 0 fully saturated rings. The topological polar surface area (TPSA) is 96.0 Å². The molecular formula is C10H14O7. The Morgan fingerprint density at radius 3 is 1.88 bits per heavy atom.